The summed E-state index contributed by atoms with van der Waals surface area (Å²) in [4.78, 5) is 14.4. The minimum atomic E-state index is 0.0552. The molecule has 1 aliphatic rings. The fraction of sp³-hybridized carbons (Fsp3) is 0.500. The van der Waals surface area contributed by atoms with Crippen LogP contribution in [0.15, 0.2) is 18.2 Å². The first-order chi connectivity index (χ1) is 9.10. The van der Waals surface area contributed by atoms with Gasteiger partial charge in [0.05, 0.1) is 18.1 Å². The molecule has 0 aromatic heterocycles. The number of halogens is 1. The zero-order valence-corrected chi connectivity index (χ0v) is 12.0. The van der Waals surface area contributed by atoms with Crippen molar-refractivity contribution in [3.8, 4) is 5.75 Å². The Morgan fingerprint density at radius 2 is 2.32 bits per heavy atom. The van der Waals surface area contributed by atoms with Crippen molar-refractivity contribution in [2.24, 2.45) is 5.92 Å². The Kier molecular flexibility index (Phi) is 4.66. The van der Waals surface area contributed by atoms with E-state index in [0.717, 1.165) is 25.9 Å². The van der Waals surface area contributed by atoms with Gasteiger partial charge in [0.2, 0.25) is 5.91 Å². The van der Waals surface area contributed by atoms with Crippen LogP contribution < -0.4 is 10.1 Å². The standard InChI is InChI=1S/C14H19ClN2O2/c1-17-7-3-4-10(9-17)14(18)16-11-5-6-13(19-2)12(15)8-11/h5-6,8,10H,3-4,7,9H2,1-2H3,(H,16,18)/t10-/m1/s1. The Morgan fingerprint density at radius 3 is 2.95 bits per heavy atom. The molecule has 104 valence electrons. The molecule has 1 aliphatic heterocycles. The van der Waals surface area contributed by atoms with E-state index >= 15 is 0 Å². The quantitative estimate of drug-likeness (QED) is 0.927. The summed E-state index contributed by atoms with van der Waals surface area (Å²) in [5.41, 5.74) is 0.712. The number of nitrogens with one attached hydrogen (secondary N) is 1. The molecule has 1 aromatic carbocycles. The Balaban J connectivity index is 2.00. The highest BCUT2D eigenvalue weighted by molar-refractivity contribution is 6.32. The third kappa shape index (κ3) is 3.61. The molecule has 1 fully saturated rings. The van der Waals surface area contributed by atoms with Gasteiger partial charge in [-0.1, -0.05) is 11.6 Å². The number of nitrogens with zero attached hydrogens (tertiary/aromatic N) is 1. The smallest absolute Gasteiger partial charge is 0.228 e. The second kappa shape index (κ2) is 6.26. The molecule has 0 bridgehead atoms. The zero-order chi connectivity index (χ0) is 13.8. The first-order valence-corrected chi connectivity index (χ1v) is 6.81. The van der Waals surface area contributed by atoms with Crippen LogP contribution in [0.4, 0.5) is 5.69 Å². The number of carbonyl (C=O) groups excluding carboxylic acids is 1. The number of likely N-dealkylation sites (tertiary alicyclic amines) is 1. The summed E-state index contributed by atoms with van der Waals surface area (Å²) in [6.07, 6.45) is 2.01. The molecule has 1 aromatic rings. The van der Waals surface area contributed by atoms with E-state index in [4.69, 9.17) is 16.3 Å². The van der Waals surface area contributed by atoms with E-state index in [-0.39, 0.29) is 11.8 Å². The highest BCUT2D eigenvalue weighted by Crippen LogP contribution is 2.27. The van der Waals surface area contributed by atoms with E-state index in [1.807, 2.05) is 7.05 Å². The molecule has 1 heterocycles. The van der Waals surface area contributed by atoms with Crippen LogP contribution in [-0.4, -0.2) is 38.1 Å². The van der Waals surface area contributed by atoms with Crippen molar-refractivity contribution >= 4 is 23.2 Å². The highest BCUT2D eigenvalue weighted by atomic mass is 35.5. The molecule has 4 nitrogen and oxygen atoms in total. The van der Waals surface area contributed by atoms with Gasteiger partial charge in [-0.2, -0.15) is 0 Å². The maximum Gasteiger partial charge on any atom is 0.228 e. The maximum atomic E-state index is 12.2. The van der Waals surface area contributed by atoms with E-state index < -0.39 is 0 Å². The van der Waals surface area contributed by atoms with E-state index in [9.17, 15) is 4.79 Å². The number of amides is 1. The number of benzene rings is 1. The van der Waals surface area contributed by atoms with Crippen LogP contribution in [0, 0.1) is 5.92 Å². The van der Waals surface area contributed by atoms with Gasteiger partial charge in [0.15, 0.2) is 0 Å². The van der Waals surface area contributed by atoms with E-state index in [2.05, 4.69) is 10.2 Å². The monoisotopic (exact) mass is 282 g/mol. The van der Waals surface area contributed by atoms with Crippen LogP contribution >= 0.6 is 11.6 Å². The lowest BCUT2D eigenvalue weighted by molar-refractivity contribution is -0.121. The Hall–Kier alpha value is -1.26. The van der Waals surface area contributed by atoms with Crippen LogP contribution in [0.25, 0.3) is 0 Å². The lowest BCUT2D eigenvalue weighted by Crippen LogP contribution is -2.38. The van der Waals surface area contributed by atoms with Crippen LogP contribution in [0.2, 0.25) is 5.02 Å². The number of piperidine rings is 1. The van der Waals surface area contributed by atoms with E-state index in [1.165, 1.54) is 0 Å². The van der Waals surface area contributed by atoms with Crippen molar-refractivity contribution in [3.05, 3.63) is 23.2 Å². The van der Waals surface area contributed by atoms with Crippen molar-refractivity contribution < 1.29 is 9.53 Å². The number of carbonyl (C=O) groups is 1. The summed E-state index contributed by atoms with van der Waals surface area (Å²) in [6.45, 7) is 1.88. The van der Waals surface area contributed by atoms with Crippen LogP contribution in [0.3, 0.4) is 0 Å². The van der Waals surface area contributed by atoms with Gasteiger partial charge >= 0.3 is 0 Å². The number of hydrogen-bond donors (Lipinski definition) is 1. The Bertz CT molecular complexity index is 465. The molecule has 5 heteroatoms. The molecule has 2 rings (SSSR count). The predicted octanol–water partition coefficient (Wildman–Crippen LogP) is 2.63. The van der Waals surface area contributed by atoms with Crippen molar-refractivity contribution in [3.63, 3.8) is 0 Å². The molecule has 0 saturated carbocycles. The lowest BCUT2D eigenvalue weighted by atomic mass is 9.97. The summed E-state index contributed by atoms with van der Waals surface area (Å²) in [5.74, 6) is 0.726. The van der Waals surface area contributed by atoms with Crippen LogP contribution in [0.1, 0.15) is 12.8 Å². The third-order valence-electron chi connectivity index (χ3n) is 3.41. The molecule has 0 spiro atoms. The molecule has 1 amide bonds. The molecule has 0 aliphatic carbocycles. The van der Waals surface area contributed by atoms with Gasteiger partial charge in [-0.25, -0.2) is 0 Å². The average Bonchev–Trinajstić information content (AvgIpc) is 2.39. The molecule has 1 saturated heterocycles. The molecular formula is C14H19ClN2O2. The number of hydrogen-bond acceptors (Lipinski definition) is 3. The van der Waals surface area contributed by atoms with Gasteiger partial charge in [-0.15, -0.1) is 0 Å². The Morgan fingerprint density at radius 1 is 1.53 bits per heavy atom. The summed E-state index contributed by atoms with van der Waals surface area (Å²) in [7, 11) is 3.61. The van der Waals surface area contributed by atoms with Crippen molar-refractivity contribution in [1.82, 2.24) is 4.90 Å². The highest BCUT2D eigenvalue weighted by Gasteiger charge is 2.23. The van der Waals surface area contributed by atoms with Crippen molar-refractivity contribution in [1.29, 1.82) is 0 Å². The van der Waals surface area contributed by atoms with Gasteiger partial charge in [0.1, 0.15) is 5.75 Å². The maximum absolute atomic E-state index is 12.2. The number of anilines is 1. The van der Waals surface area contributed by atoms with Gasteiger partial charge in [0.25, 0.3) is 0 Å². The van der Waals surface area contributed by atoms with Crippen molar-refractivity contribution in [2.75, 3.05) is 32.6 Å². The van der Waals surface area contributed by atoms with Gasteiger partial charge in [-0.3, -0.25) is 4.79 Å². The van der Waals surface area contributed by atoms with Gasteiger partial charge in [0, 0.05) is 12.2 Å². The second-order valence-corrected chi connectivity index (χ2v) is 5.35. The molecule has 0 unspecified atom stereocenters. The largest absolute Gasteiger partial charge is 0.495 e. The van der Waals surface area contributed by atoms with E-state index in [0.29, 0.717) is 16.5 Å². The first kappa shape index (κ1) is 14.2. The molecule has 19 heavy (non-hydrogen) atoms. The second-order valence-electron chi connectivity index (χ2n) is 4.94. The van der Waals surface area contributed by atoms with Crippen LogP contribution in [0.5, 0.6) is 5.75 Å². The summed E-state index contributed by atoms with van der Waals surface area (Å²) >= 11 is 6.04. The molecule has 1 N–H and O–H groups in total. The topological polar surface area (TPSA) is 41.6 Å². The fourth-order valence-electron chi connectivity index (χ4n) is 2.37. The lowest BCUT2D eigenvalue weighted by Gasteiger charge is -2.28. The van der Waals surface area contributed by atoms with Gasteiger partial charge < -0.3 is 15.0 Å². The number of methoxy groups -OCH3 is 1. The average molecular weight is 283 g/mol. The summed E-state index contributed by atoms with van der Waals surface area (Å²) < 4.78 is 5.08. The zero-order valence-electron chi connectivity index (χ0n) is 11.3. The third-order valence-corrected chi connectivity index (χ3v) is 3.71. The fourth-order valence-corrected chi connectivity index (χ4v) is 2.63. The predicted molar refractivity (Wildman–Crippen MR) is 76.9 cm³/mol. The minimum Gasteiger partial charge on any atom is -0.495 e. The summed E-state index contributed by atoms with van der Waals surface area (Å²) in [6, 6.07) is 5.27. The molecule has 1 atom stereocenters. The molecular weight excluding hydrogens is 264 g/mol. The first-order valence-electron chi connectivity index (χ1n) is 6.43. The minimum absolute atomic E-state index is 0.0552. The Labute approximate surface area is 118 Å². The number of rotatable bonds is 3. The molecule has 0 radical (unpaired) electrons. The van der Waals surface area contributed by atoms with Crippen molar-refractivity contribution in [2.45, 2.75) is 12.8 Å². The van der Waals surface area contributed by atoms with Crippen LogP contribution in [-0.2, 0) is 4.79 Å². The number of ether oxygens (including phenoxy) is 1. The van der Waals surface area contributed by atoms with Gasteiger partial charge in [-0.05, 0) is 44.6 Å². The van der Waals surface area contributed by atoms with E-state index in [1.54, 1.807) is 25.3 Å². The SMILES string of the molecule is COc1ccc(NC(=O)[C@@H]2CCCN(C)C2)cc1Cl. The normalized spacial score (nSPS) is 20.1. The summed E-state index contributed by atoms with van der Waals surface area (Å²) in [5, 5.41) is 3.42.